The average Bonchev–Trinajstić information content (AvgIpc) is 2.79. The molecule has 21 heavy (non-hydrogen) atoms. The zero-order valence-electron chi connectivity index (χ0n) is 11.6. The number of sulfone groups is 1. The first-order valence-electron chi connectivity index (χ1n) is 6.10. The fourth-order valence-corrected chi connectivity index (χ4v) is 2.28. The van der Waals surface area contributed by atoms with E-state index in [4.69, 9.17) is 21.1 Å². The van der Waals surface area contributed by atoms with Gasteiger partial charge in [-0.25, -0.2) is 13.4 Å². The summed E-state index contributed by atoms with van der Waals surface area (Å²) in [5.41, 5.74) is 1.79. The Hall–Kier alpha value is -1.45. The van der Waals surface area contributed by atoms with Crippen molar-refractivity contribution in [2.45, 2.75) is 6.42 Å². The quantitative estimate of drug-likeness (QED) is 0.584. The lowest BCUT2D eigenvalue weighted by Crippen LogP contribution is -2.11. The summed E-state index contributed by atoms with van der Waals surface area (Å²) in [4.78, 5) is 8.03. The van der Waals surface area contributed by atoms with Gasteiger partial charge in [0.05, 0.1) is 31.8 Å². The number of aromatic amines is 1. The molecule has 0 unspecified atom stereocenters. The fourth-order valence-electron chi connectivity index (χ4n) is 1.70. The predicted octanol–water partition coefficient (Wildman–Crippen LogP) is 0.619. The maximum absolute atomic E-state index is 11.0. The van der Waals surface area contributed by atoms with Gasteiger partial charge in [0.1, 0.15) is 15.4 Å². The van der Waals surface area contributed by atoms with Gasteiger partial charge in [0.2, 0.25) is 11.2 Å². The molecule has 0 saturated carbocycles. The number of halogens is 1. The van der Waals surface area contributed by atoms with Crippen molar-refractivity contribution in [1.82, 2.24) is 20.2 Å². The number of nitrogens with one attached hydrogen (secondary N) is 1. The van der Waals surface area contributed by atoms with Crippen molar-refractivity contribution in [1.29, 1.82) is 0 Å². The minimum absolute atomic E-state index is 0.00144. The molecule has 0 aromatic carbocycles. The fraction of sp³-hybridized carbons (Fsp3) is 0.545. The summed E-state index contributed by atoms with van der Waals surface area (Å²) < 4.78 is 32.3. The van der Waals surface area contributed by atoms with E-state index in [-0.39, 0.29) is 17.6 Å². The maximum Gasteiger partial charge on any atom is 0.246 e. The van der Waals surface area contributed by atoms with E-state index < -0.39 is 9.84 Å². The topological polar surface area (TPSA) is 107 Å². The van der Waals surface area contributed by atoms with Crippen LogP contribution in [0.3, 0.4) is 0 Å². The minimum atomic E-state index is -3.01. The van der Waals surface area contributed by atoms with Gasteiger partial charge < -0.3 is 9.47 Å². The Morgan fingerprint density at radius 2 is 2.00 bits per heavy atom. The predicted molar refractivity (Wildman–Crippen MR) is 77.5 cm³/mol. The zero-order valence-corrected chi connectivity index (χ0v) is 13.2. The molecule has 2 aromatic heterocycles. The molecule has 0 aliphatic carbocycles. The molecule has 2 aromatic rings. The highest BCUT2D eigenvalue weighted by Gasteiger charge is 2.14. The van der Waals surface area contributed by atoms with Crippen LogP contribution in [0.2, 0.25) is 5.28 Å². The Morgan fingerprint density at radius 1 is 1.24 bits per heavy atom. The highest BCUT2D eigenvalue weighted by Crippen LogP contribution is 2.24. The zero-order chi connectivity index (χ0) is 15.5. The molecule has 0 fully saturated rings. The number of aromatic nitrogens is 4. The number of nitrogens with zero attached hydrogens (tertiary/aromatic N) is 3. The Labute approximate surface area is 126 Å². The van der Waals surface area contributed by atoms with Crippen LogP contribution in [0.4, 0.5) is 0 Å². The first kappa shape index (κ1) is 15.9. The van der Waals surface area contributed by atoms with Gasteiger partial charge in [0, 0.05) is 12.7 Å². The number of methoxy groups -OCH3 is 1. The minimum Gasteiger partial charge on any atom is -0.479 e. The molecule has 0 radical (unpaired) electrons. The van der Waals surface area contributed by atoms with Crippen LogP contribution in [0.15, 0.2) is 0 Å². The molecule has 8 nitrogen and oxygen atoms in total. The van der Waals surface area contributed by atoms with E-state index in [2.05, 4.69) is 20.2 Å². The second-order valence-electron chi connectivity index (χ2n) is 4.39. The van der Waals surface area contributed by atoms with Crippen molar-refractivity contribution >= 4 is 32.5 Å². The maximum atomic E-state index is 11.0. The summed E-state index contributed by atoms with van der Waals surface area (Å²) >= 11 is 5.82. The summed E-state index contributed by atoms with van der Waals surface area (Å²) in [5.74, 6) is 0.295. The third-order valence-corrected chi connectivity index (χ3v) is 3.78. The largest absolute Gasteiger partial charge is 0.479 e. The lowest BCUT2D eigenvalue weighted by molar-refractivity contribution is 0.152. The first-order chi connectivity index (χ1) is 9.90. The van der Waals surface area contributed by atoms with E-state index in [1.54, 1.807) is 0 Å². The van der Waals surface area contributed by atoms with Crippen LogP contribution in [0.25, 0.3) is 11.0 Å². The van der Waals surface area contributed by atoms with Crippen LogP contribution in [-0.2, 0) is 21.0 Å². The molecule has 0 aliphatic rings. The molecule has 0 bridgehead atoms. The van der Waals surface area contributed by atoms with Gasteiger partial charge in [-0.2, -0.15) is 10.1 Å². The summed E-state index contributed by atoms with van der Waals surface area (Å²) in [6.45, 7) is 0.501. The Bertz CT molecular complexity index is 731. The van der Waals surface area contributed by atoms with Gasteiger partial charge in [0.15, 0.2) is 5.52 Å². The Morgan fingerprint density at radius 3 is 2.67 bits per heavy atom. The van der Waals surface area contributed by atoms with Gasteiger partial charge in [0.25, 0.3) is 0 Å². The van der Waals surface area contributed by atoms with E-state index >= 15 is 0 Å². The molecular weight excluding hydrogens is 320 g/mol. The summed E-state index contributed by atoms with van der Waals surface area (Å²) in [7, 11) is -1.53. The first-order valence-corrected chi connectivity index (χ1v) is 8.54. The summed E-state index contributed by atoms with van der Waals surface area (Å²) in [5, 5.41) is 6.99. The molecule has 0 atom stereocenters. The van der Waals surface area contributed by atoms with E-state index in [0.29, 0.717) is 29.9 Å². The lowest BCUT2D eigenvalue weighted by Gasteiger charge is -2.03. The van der Waals surface area contributed by atoms with E-state index in [9.17, 15) is 8.42 Å². The van der Waals surface area contributed by atoms with E-state index in [1.165, 1.54) is 13.4 Å². The number of fused-ring (bicyclic) bond motifs is 1. The van der Waals surface area contributed by atoms with E-state index in [0.717, 1.165) is 5.69 Å². The monoisotopic (exact) mass is 334 g/mol. The van der Waals surface area contributed by atoms with Crippen LogP contribution >= 0.6 is 11.6 Å². The van der Waals surface area contributed by atoms with E-state index in [1.807, 2.05) is 0 Å². The van der Waals surface area contributed by atoms with Crippen molar-refractivity contribution < 1.29 is 17.9 Å². The molecule has 2 heterocycles. The third-order valence-electron chi connectivity index (χ3n) is 2.70. The van der Waals surface area contributed by atoms with Gasteiger partial charge in [-0.15, -0.1) is 0 Å². The average molecular weight is 335 g/mol. The van der Waals surface area contributed by atoms with Crippen molar-refractivity contribution in [2.75, 3.05) is 32.3 Å². The Kier molecular flexibility index (Phi) is 4.96. The molecule has 0 aliphatic heterocycles. The SMILES string of the molecule is COc1nc(Cl)nc2c(CCOCCS(C)(=O)=O)[nH]nc12. The lowest BCUT2D eigenvalue weighted by atomic mass is 10.3. The van der Waals surface area contributed by atoms with Crippen molar-refractivity contribution in [3.8, 4) is 5.88 Å². The van der Waals surface area contributed by atoms with Gasteiger partial charge in [-0.1, -0.05) is 0 Å². The van der Waals surface area contributed by atoms with Crippen molar-refractivity contribution in [3.63, 3.8) is 0 Å². The molecule has 0 saturated heterocycles. The van der Waals surface area contributed by atoms with Crippen LogP contribution in [0, 0.1) is 0 Å². The van der Waals surface area contributed by atoms with Gasteiger partial charge >= 0.3 is 0 Å². The van der Waals surface area contributed by atoms with Crippen LogP contribution in [0.5, 0.6) is 5.88 Å². The highest BCUT2D eigenvalue weighted by molar-refractivity contribution is 7.90. The Balaban J connectivity index is 2.01. The van der Waals surface area contributed by atoms with Crippen LogP contribution in [0.1, 0.15) is 5.69 Å². The van der Waals surface area contributed by atoms with Gasteiger partial charge in [-0.05, 0) is 11.6 Å². The van der Waals surface area contributed by atoms with Crippen molar-refractivity contribution in [2.24, 2.45) is 0 Å². The number of hydrogen-bond donors (Lipinski definition) is 1. The number of ether oxygens (including phenoxy) is 2. The standard InChI is InChI=1S/C11H15ClN4O4S/c1-19-10-9-8(13-11(12)14-10)7(15-16-9)3-4-20-5-6-21(2,17)18/h3-6H2,1-2H3,(H,15,16). The normalized spacial score (nSPS) is 12.0. The number of hydrogen-bond acceptors (Lipinski definition) is 7. The third kappa shape index (κ3) is 4.26. The summed E-state index contributed by atoms with van der Waals surface area (Å²) in [6, 6.07) is 0. The molecule has 116 valence electrons. The number of H-pyrrole nitrogens is 1. The molecular formula is C11H15ClN4O4S. The molecule has 0 amide bonds. The second-order valence-corrected chi connectivity index (χ2v) is 6.99. The van der Waals surface area contributed by atoms with Crippen LogP contribution < -0.4 is 4.74 Å². The van der Waals surface area contributed by atoms with Crippen LogP contribution in [-0.4, -0.2) is 60.9 Å². The van der Waals surface area contributed by atoms with Crippen molar-refractivity contribution in [3.05, 3.63) is 11.0 Å². The molecule has 0 spiro atoms. The summed E-state index contributed by atoms with van der Waals surface area (Å²) in [6.07, 6.45) is 1.67. The number of rotatable bonds is 7. The molecule has 10 heteroatoms. The highest BCUT2D eigenvalue weighted by atomic mass is 35.5. The smallest absolute Gasteiger partial charge is 0.246 e. The molecule has 2 rings (SSSR count). The van der Waals surface area contributed by atoms with Gasteiger partial charge in [-0.3, -0.25) is 5.10 Å². The molecule has 1 N–H and O–H groups in total. The second kappa shape index (κ2) is 6.54.